The SMILES string of the molecule is CC(NS(=O)(=O)C(C)C)c1cccc(O)c1. The molecule has 0 aliphatic rings. The molecule has 0 heterocycles. The Labute approximate surface area is 96.4 Å². The zero-order valence-electron chi connectivity index (χ0n) is 9.64. The minimum Gasteiger partial charge on any atom is -0.508 e. The second-order valence-corrected chi connectivity index (χ2v) is 6.30. The van der Waals surface area contributed by atoms with Crippen molar-refractivity contribution in [1.82, 2.24) is 4.72 Å². The first-order valence-electron chi connectivity index (χ1n) is 5.13. The van der Waals surface area contributed by atoms with Gasteiger partial charge in [0.2, 0.25) is 10.0 Å². The third kappa shape index (κ3) is 3.21. The Hall–Kier alpha value is -1.07. The lowest BCUT2D eigenvalue weighted by atomic mass is 10.1. The molecule has 90 valence electrons. The van der Waals surface area contributed by atoms with Crippen molar-refractivity contribution < 1.29 is 13.5 Å². The summed E-state index contributed by atoms with van der Waals surface area (Å²) >= 11 is 0. The van der Waals surface area contributed by atoms with Gasteiger partial charge in [0.1, 0.15) is 5.75 Å². The summed E-state index contributed by atoms with van der Waals surface area (Å²) in [6.07, 6.45) is 0. The van der Waals surface area contributed by atoms with Gasteiger partial charge in [0, 0.05) is 6.04 Å². The lowest BCUT2D eigenvalue weighted by Gasteiger charge is -2.16. The molecular formula is C11H17NO3S. The minimum atomic E-state index is -3.29. The predicted octanol–water partition coefficient (Wildman–Crippen LogP) is 1.78. The van der Waals surface area contributed by atoms with Crippen LogP contribution in [0.1, 0.15) is 32.4 Å². The van der Waals surface area contributed by atoms with Crippen molar-refractivity contribution in [2.24, 2.45) is 0 Å². The highest BCUT2D eigenvalue weighted by atomic mass is 32.2. The van der Waals surface area contributed by atoms with Gasteiger partial charge in [-0.25, -0.2) is 13.1 Å². The molecule has 0 aromatic heterocycles. The molecule has 0 fully saturated rings. The molecule has 4 nitrogen and oxygen atoms in total. The van der Waals surface area contributed by atoms with Gasteiger partial charge in [-0.2, -0.15) is 0 Å². The number of phenolic OH excluding ortho intramolecular Hbond substituents is 1. The molecule has 16 heavy (non-hydrogen) atoms. The molecule has 0 spiro atoms. The zero-order chi connectivity index (χ0) is 12.3. The highest BCUT2D eigenvalue weighted by Crippen LogP contribution is 2.19. The topological polar surface area (TPSA) is 66.4 Å². The fraction of sp³-hybridized carbons (Fsp3) is 0.455. The highest BCUT2D eigenvalue weighted by Gasteiger charge is 2.19. The lowest BCUT2D eigenvalue weighted by Crippen LogP contribution is -2.32. The normalized spacial score (nSPS) is 14.0. The fourth-order valence-electron chi connectivity index (χ4n) is 1.24. The van der Waals surface area contributed by atoms with E-state index in [1.807, 2.05) is 0 Å². The van der Waals surface area contributed by atoms with Crippen molar-refractivity contribution in [3.05, 3.63) is 29.8 Å². The summed E-state index contributed by atoms with van der Waals surface area (Å²) in [6.45, 7) is 4.99. The summed E-state index contributed by atoms with van der Waals surface area (Å²) < 4.78 is 25.8. The first kappa shape index (κ1) is 13.0. The van der Waals surface area contributed by atoms with Crippen LogP contribution in [0.4, 0.5) is 0 Å². The summed E-state index contributed by atoms with van der Waals surface area (Å²) in [6, 6.07) is 6.21. The van der Waals surface area contributed by atoms with Crippen molar-refractivity contribution in [2.75, 3.05) is 0 Å². The molecule has 0 saturated heterocycles. The van der Waals surface area contributed by atoms with Crippen LogP contribution in [-0.2, 0) is 10.0 Å². The van der Waals surface area contributed by atoms with Crippen molar-refractivity contribution in [2.45, 2.75) is 32.1 Å². The third-order valence-corrected chi connectivity index (χ3v) is 4.26. The van der Waals surface area contributed by atoms with Gasteiger partial charge in [-0.05, 0) is 38.5 Å². The van der Waals surface area contributed by atoms with Gasteiger partial charge in [0.05, 0.1) is 5.25 Å². The van der Waals surface area contributed by atoms with Gasteiger partial charge in [0.25, 0.3) is 0 Å². The van der Waals surface area contributed by atoms with Crippen LogP contribution >= 0.6 is 0 Å². The van der Waals surface area contributed by atoms with E-state index >= 15 is 0 Å². The quantitative estimate of drug-likeness (QED) is 0.847. The first-order valence-corrected chi connectivity index (χ1v) is 6.67. The van der Waals surface area contributed by atoms with Gasteiger partial charge in [-0.3, -0.25) is 0 Å². The number of hydrogen-bond acceptors (Lipinski definition) is 3. The summed E-state index contributed by atoms with van der Waals surface area (Å²) in [5.41, 5.74) is 0.740. The maximum Gasteiger partial charge on any atom is 0.214 e. The molecule has 5 heteroatoms. The van der Waals surface area contributed by atoms with E-state index in [2.05, 4.69) is 4.72 Å². The molecule has 0 radical (unpaired) electrons. The number of aromatic hydroxyl groups is 1. The molecule has 1 rings (SSSR count). The lowest BCUT2D eigenvalue weighted by molar-refractivity contribution is 0.473. The second kappa shape index (κ2) is 4.84. The average Bonchev–Trinajstić information content (AvgIpc) is 2.16. The van der Waals surface area contributed by atoms with Crippen LogP contribution < -0.4 is 4.72 Å². The summed E-state index contributed by atoms with van der Waals surface area (Å²) in [5, 5.41) is 8.83. The third-order valence-electron chi connectivity index (χ3n) is 2.33. The van der Waals surface area contributed by atoms with E-state index < -0.39 is 15.3 Å². The molecule has 1 aromatic carbocycles. The van der Waals surface area contributed by atoms with Crippen molar-refractivity contribution in [3.8, 4) is 5.75 Å². The van der Waals surface area contributed by atoms with Crippen LogP contribution in [0.2, 0.25) is 0 Å². The average molecular weight is 243 g/mol. The number of sulfonamides is 1. The number of benzene rings is 1. The molecule has 2 N–H and O–H groups in total. The Morgan fingerprint density at radius 3 is 2.38 bits per heavy atom. The van der Waals surface area contributed by atoms with Gasteiger partial charge < -0.3 is 5.11 Å². The Balaban J connectivity index is 2.85. The number of rotatable bonds is 4. The Kier molecular flexibility index (Phi) is 3.93. The van der Waals surface area contributed by atoms with E-state index in [0.717, 1.165) is 5.56 Å². The van der Waals surface area contributed by atoms with Gasteiger partial charge in [-0.15, -0.1) is 0 Å². The van der Waals surface area contributed by atoms with Crippen LogP contribution in [0.25, 0.3) is 0 Å². The Morgan fingerprint density at radius 1 is 1.25 bits per heavy atom. The fourth-order valence-corrected chi connectivity index (χ4v) is 2.15. The number of nitrogens with one attached hydrogen (secondary N) is 1. The van der Waals surface area contributed by atoms with Crippen LogP contribution in [0.15, 0.2) is 24.3 Å². The Bertz CT molecular complexity index is 454. The van der Waals surface area contributed by atoms with Crippen molar-refractivity contribution in [1.29, 1.82) is 0 Å². The molecule has 0 bridgehead atoms. The number of phenols is 1. The second-order valence-electron chi connectivity index (χ2n) is 4.03. The van der Waals surface area contributed by atoms with Gasteiger partial charge in [-0.1, -0.05) is 12.1 Å². The molecular weight excluding hydrogens is 226 g/mol. The van der Waals surface area contributed by atoms with Crippen LogP contribution in [-0.4, -0.2) is 18.8 Å². The van der Waals surface area contributed by atoms with Crippen molar-refractivity contribution in [3.63, 3.8) is 0 Å². The van der Waals surface area contributed by atoms with Gasteiger partial charge in [0.15, 0.2) is 0 Å². The molecule has 0 aliphatic heterocycles. The van der Waals surface area contributed by atoms with E-state index in [4.69, 9.17) is 0 Å². The van der Waals surface area contributed by atoms with E-state index in [0.29, 0.717) is 0 Å². The molecule has 0 amide bonds. The largest absolute Gasteiger partial charge is 0.508 e. The predicted molar refractivity (Wildman–Crippen MR) is 63.7 cm³/mol. The standard InChI is InChI=1S/C11H17NO3S/c1-8(2)16(14,15)12-9(3)10-5-4-6-11(13)7-10/h4-9,12-13H,1-3H3. The molecule has 1 unspecified atom stereocenters. The molecule has 0 aliphatic carbocycles. The van der Waals surface area contributed by atoms with Crippen LogP contribution in [0.5, 0.6) is 5.75 Å². The van der Waals surface area contributed by atoms with E-state index in [9.17, 15) is 13.5 Å². The van der Waals surface area contributed by atoms with Gasteiger partial charge >= 0.3 is 0 Å². The molecule has 0 saturated carbocycles. The summed E-state index contributed by atoms with van der Waals surface area (Å²) in [7, 11) is -3.29. The molecule has 1 aromatic rings. The van der Waals surface area contributed by atoms with Crippen molar-refractivity contribution >= 4 is 10.0 Å². The summed E-state index contributed by atoms with van der Waals surface area (Å²) in [4.78, 5) is 0. The zero-order valence-corrected chi connectivity index (χ0v) is 10.5. The van der Waals surface area contributed by atoms with Crippen LogP contribution in [0, 0.1) is 0 Å². The first-order chi connectivity index (χ1) is 7.33. The maximum absolute atomic E-state index is 11.6. The van der Waals surface area contributed by atoms with E-state index in [1.165, 1.54) is 0 Å². The number of hydrogen-bond donors (Lipinski definition) is 2. The van der Waals surface area contributed by atoms with E-state index in [-0.39, 0.29) is 11.8 Å². The smallest absolute Gasteiger partial charge is 0.214 e. The Morgan fingerprint density at radius 2 is 1.88 bits per heavy atom. The monoisotopic (exact) mass is 243 g/mol. The highest BCUT2D eigenvalue weighted by molar-refractivity contribution is 7.90. The summed E-state index contributed by atoms with van der Waals surface area (Å²) in [5.74, 6) is 0.132. The van der Waals surface area contributed by atoms with E-state index in [1.54, 1.807) is 45.0 Å². The van der Waals surface area contributed by atoms with Crippen LogP contribution in [0.3, 0.4) is 0 Å². The molecule has 1 atom stereocenters. The maximum atomic E-state index is 11.6. The minimum absolute atomic E-state index is 0.132.